The lowest BCUT2D eigenvalue weighted by Gasteiger charge is -2.08. The number of hydrogen-bond donors (Lipinski definition) is 1. The highest BCUT2D eigenvalue weighted by molar-refractivity contribution is 6.09. The highest BCUT2D eigenvalue weighted by Gasteiger charge is 2.12. The Labute approximate surface area is 177 Å². The Kier molecular flexibility index (Phi) is 8.64. The van der Waals surface area contributed by atoms with Crippen molar-refractivity contribution in [3.05, 3.63) is 65.2 Å². The van der Waals surface area contributed by atoms with Gasteiger partial charge in [0.05, 0.1) is 18.8 Å². The van der Waals surface area contributed by atoms with Crippen molar-refractivity contribution in [2.45, 2.75) is 27.2 Å². The quantitative estimate of drug-likeness (QED) is 0.366. The van der Waals surface area contributed by atoms with Crippen LogP contribution in [0.4, 0.5) is 5.69 Å². The molecule has 6 nitrogen and oxygen atoms in total. The molecule has 0 aliphatic carbocycles. The van der Waals surface area contributed by atoms with Gasteiger partial charge in [-0.05, 0) is 60.4 Å². The first-order valence-electron chi connectivity index (χ1n) is 9.86. The van der Waals surface area contributed by atoms with Crippen LogP contribution in [0.5, 0.6) is 5.75 Å². The molecule has 156 valence electrons. The Morgan fingerprint density at radius 3 is 2.33 bits per heavy atom. The summed E-state index contributed by atoms with van der Waals surface area (Å²) in [7, 11) is 0. The predicted octanol–water partition coefficient (Wildman–Crippen LogP) is 4.83. The predicted molar refractivity (Wildman–Crippen MR) is 116 cm³/mol. The third-order valence-corrected chi connectivity index (χ3v) is 3.96. The molecule has 0 aromatic heterocycles. The number of ether oxygens (including phenoxy) is 2. The molecule has 0 heterocycles. The average molecular weight is 406 g/mol. The third kappa shape index (κ3) is 7.10. The highest BCUT2D eigenvalue weighted by atomic mass is 16.5. The van der Waals surface area contributed by atoms with Crippen molar-refractivity contribution in [2.75, 3.05) is 18.5 Å². The lowest BCUT2D eigenvalue weighted by molar-refractivity contribution is -0.112. The minimum absolute atomic E-state index is 0.0300. The SMILES string of the molecule is CCCOc1ccc(C=C(C#N)C(=O)Nc2ccc(C(=O)OCC(C)C)cc2)cc1. The number of nitrogens with zero attached hydrogens (tertiary/aromatic N) is 1. The van der Waals surface area contributed by atoms with Crippen molar-refractivity contribution >= 4 is 23.6 Å². The third-order valence-electron chi connectivity index (χ3n) is 3.96. The Morgan fingerprint density at radius 1 is 1.10 bits per heavy atom. The summed E-state index contributed by atoms with van der Waals surface area (Å²) in [5, 5.41) is 12.0. The molecule has 2 aromatic carbocycles. The van der Waals surface area contributed by atoms with Crippen LogP contribution in [-0.2, 0) is 9.53 Å². The Morgan fingerprint density at radius 2 is 1.77 bits per heavy atom. The maximum absolute atomic E-state index is 12.4. The number of anilines is 1. The zero-order valence-corrected chi connectivity index (χ0v) is 17.5. The standard InChI is InChI=1S/C24H26N2O4/c1-4-13-29-22-11-5-18(6-12-22)14-20(15-25)23(27)26-21-9-7-19(8-10-21)24(28)30-16-17(2)3/h5-12,14,17H,4,13,16H2,1-3H3,(H,26,27). The fourth-order valence-electron chi connectivity index (χ4n) is 2.41. The van der Waals surface area contributed by atoms with E-state index in [9.17, 15) is 14.9 Å². The largest absolute Gasteiger partial charge is 0.494 e. The zero-order chi connectivity index (χ0) is 21.9. The van der Waals surface area contributed by atoms with Crippen LogP contribution in [0.15, 0.2) is 54.1 Å². The molecule has 30 heavy (non-hydrogen) atoms. The van der Waals surface area contributed by atoms with Gasteiger partial charge in [-0.25, -0.2) is 4.79 Å². The number of esters is 1. The summed E-state index contributed by atoms with van der Waals surface area (Å²) in [6, 6.07) is 15.4. The van der Waals surface area contributed by atoms with Crippen molar-refractivity contribution in [3.63, 3.8) is 0 Å². The molecular weight excluding hydrogens is 380 g/mol. The van der Waals surface area contributed by atoms with Gasteiger partial charge in [0, 0.05) is 5.69 Å². The smallest absolute Gasteiger partial charge is 0.338 e. The van der Waals surface area contributed by atoms with Crippen molar-refractivity contribution in [3.8, 4) is 11.8 Å². The fraction of sp³-hybridized carbons (Fsp3) is 0.292. The van der Waals surface area contributed by atoms with Gasteiger partial charge in [0.25, 0.3) is 5.91 Å². The molecule has 6 heteroatoms. The summed E-state index contributed by atoms with van der Waals surface area (Å²) in [5.74, 6) is 0.0530. The summed E-state index contributed by atoms with van der Waals surface area (Å²) in [6.45, 7) is 6.93. The van der Waals surface area contributed by atoms with Crippen LogP contribution in [0.2, 0.25) is 0 Å². The average Bonchev–Trinajstić information content (AvgIpc) is 2.75. The Bertz CT molecular complexity index is 923. The van der Waals surface area contributed by atoms with E-state index in [1.165, 1.54) is 6.08 Å². The van der Waals surface area contributed by atoms with Gasteiger partial charge in [0.1, 0.15) is 17.4 Å². The molecule has 0 aliphatic rings. The number of amides is 1. The molecule has 0 atom stereocenters. The number of hydrogen-bond acceptors (Lipinski definition) is 5. The summed E-state index contributed by atoms with van der Waals surface area (Å²) < 4.78 is 10.7. The van der Waals surface area contributed by atoms with Gasteiger partial charge < -0.3 is 14.8 Å². The van der Waals surface area contributed by atoms with Gasteiger partial charge in [0.2, 0.25) is 0 Å². The van der Waals surface area contributed by atoms with E-state index in [-0.39, 0.29) is 11.5 Å². The van der Waals surface area contributed by atoms with Crippen LogP contribution in [0.3, 0.4) is 0 Å². The molecule has 0 saturated heterocycles. The minimum Gasteiger partial charge on any atom is -0.494 e. The number of nitriles is 1. The van der Waals surface area contributed by atoms with Crippen LogP contribution >= 0.6 is 0 Å². The maximum Gasteiger partial charge on any atom is 0.338 e. The molecule has 0 aliphatic heterocycles. The van der Waals surface area contributed by atoms with Gasteiger partial charge in [-0.1, -0.05) is 32.9 Å². The monoisotopic (exact) mass is 406 g/mol. The molecular formula is C24H26N2O4. The van der Waals surface area contributed by atoms with Crippen LogP contribution in [-0.4, -0.2) is 25.1 Å². The molecule has 0 radical (unpaired) electrons. The van der Waals surface area contributed by atoms with Crippen molar-refractivity contribution in [1.29, 1.82) is 5.26 Å². The van der Waals surface area contributed by atoms with Gasteiger partial charge in [-0.15, -0.1) is 0 Å². The van der Waals surface area contributed by atoms with E-state index in [0.717, 1.165) is 12.2 Å². The second-order valence-electron chi connectivity index (χ2n) is 7.11. The normalized spacial score (nSPS) is 11.0. The summed E-state index contributed by atoms with van der Waals surface area (Å²) in [4.78, 5) is 24.4. The van der Waals surface area contributed by atoms with E-state index in [1.807, 2.05) is 26.8 Å². The molecule has 0 bridgehead atoms. The van der Waals surface area contributed by atoms with E-state index >= 15 is 0 Å². The van der Waals surface area contributed by atoms with Gasteiger partial charge in [-0.3, -0.25) is 4.79 Å². The number of benzene rings is 2. The molecule has 1 N–H and O–H groups in total. The fourth-order valence-corrected chi connectivity index (χ4v) is 2.41. The van der Waals surface area contributed by atoms with E-state index in [1.54, 1.807) is 48.5 Å². The summed E-state index contributed by atoms with van der Waals surface area (Å²) in [5.41, 5.74) is 1.56. The number of carbonyl (C=O) groups is 2. The summed E-state index contributed by atoms with van der Waals surface area (Å²) >= 11 is 0. The molecule has 0 spiro atoms. The molecule has 2 rings (SSSR count). The van der Waals surface area contributed by atoms with E-state index < -0.39 is 11.9 Å². The highest BCUT2D eigenvalue weighted by Crippen LogP contribution is 2.16. The molecule has 0 saturated carbocycles. The number of carbonyl (C=O) groups excluding carboxylic acids is 2. The topological polar surface area (TPSA) is 88.4 Å². The number of rotatable bonds is 9. The molecule has 1 amide bonds. The van der Waals surface area contributed by atoms with E-state index in [0.29, 0.717) is 30.0 Å². The first-order valence-corrected chi connectivity index (χ1v) is 9.86. The van der Waals surface area contributed by atoms with E-state index in [2.05, 4.69) is 5.32 Å². The second kappa shape index (κ2) is 11.4. The lowest BCUT2D eigenvalue weighted by atomic mass is 10.1. The first-order chi connectivity index (χ1) is 14.4. The lowest BCUT2D eigenvalue weighted by Crippen LogP contribution is -2.14. The molecule has 0 fully saturated rings. The van der Waals surface area contributed by atoms with Crippen molar-refractivity contribution < 1.29 is 19.1 Å². The molecule has 2 aromatic rings. The first kappa shape index (κ1) is 22.7. The Balaban J connectivity index is 2.01. The van der Waals surface area contributed by atoms with E-state index in [4.69, 9.17) is 9.47 Å². The van der Waals surface area contributed by atoms with Crippen molar-refractivity contribution in [1.82, 2.24) is 0 Å². The minimum atomic E-state index is -0.529. The van der Waals surface area contributed by atoms with Gasteiger partial charge >= 0.3 is 5.97 Å². The molecule has 0 unspecified atom stereocenters. The summed E-state index contributed by atoms with van der Waals surface area (Å²) in [6.07, 6.45) is 2.43. The zero-order valence-electron chi connectivity index (χ0n) is 17.5. The van der Waals surface area contributed by atoms with Crippen molar-refractivity contribution in [2.24, 2.45) is 5.92 Å². The second-order valence-corrected chi connectivity index (χ2v) is 7.11. The maximum atomic E-state index is 12.4. The van der Waals surface area contributed by atoms with Crippen LogP contribution in [0, 0.1) is 17.2 Å². The van der Waals surface area contributed by atoms with Gasteiger partial charge in [0.15, 0.2) is 0 Å². The van der Waals surface area contributed by atoms with Crippen LogP contribution < -0.4 is 10.1 Å². The number of nitrogens with one attached hydrogen (secondary N) is 1. The van der Waals surface area contributed by atoms with Crippen LogP contribution in [0.25, 0.3) is 6.08 Å². The van der Waals surface area contributed by atoms with Gasteiger partial charge in [-0.2, -0.15) is 5.26 Å². The van der Waals surface area contributed by atoms with Crippen LogP contribution in [0.1, 0.15) is 43.1 Å². The Hall–Kier alpha value is -3.59.